The number of hydrogen-bond donors (Lipinski definition) is 1. The van der Waals surface area contributed by atoms with E-state index in [0.717, 1.165) is 5.56 Å². The van der Waals surface area contributed by atoms with Gasteiger partial charge in [-0.2, -0.15) is 0 Å². The second-order valence-electron chi connectivity index (χ2n) is 4.50. The van der Waals surface area contributed by atoms with Crippen LogP contribution in [0.25, 0.3) is 0 Å². The average Bonchev–Trinajstić information content (AvgIpc) is 2.40. The highest BCUT2D eigenvalue weighted by molar-refractivity contribution is 6.40. The maximum absolute atomic E-state index is 11.7. The molecule has 0 heterocycles. The molecule has 0 saturated carbocycles. The first-order valence-electron chi connectivity index (χ1n) is 6.11. The highest BCUT2D eigenvalue weighted by Crippen LogP contribution is 2.29. The van der Waals surface area contributed by atoms with Crippen molar-refractivity contribution in [3.8, 4) is 11.5 Å². The zero-order chi connectivity index (χ0) is 14.7. The molecule has 4 nitrogen and oxygen atoms in total. The second kappa shape index (κ2) is 5.57. The van der Waals surface area contributed by atoms with Crippen LogP contribution in [-0.4, -0.2) is 16.9 Å². The van der Waals surface area contributed by atoms with Crippen LogP contribution in [0.5, 0.6) is 11.5 Å². The molecule has 0 unspecified atom stereocenters. The topological polar surface area (TPSA) is 63.6 Å². The highest BCUT2D eigenvalue weighted by atomic mass is 16.5. The lowest BCUT2D eigenvalue weighted by Gasteiger charge is -2.12. The number of carbonyl (C=O) groups excluding carboxylic acids is 1. The molecule has 2 rings (SSSR count). The Morgan fingerprint density at radius 1 is 1.05 bits per heavy atom. The van der Waals surface area contributed by atoms with Crippen molar-refractivity contribution < 1.29 is 19.4 Å². The second-order valence-corrected chi connectivity index (χ2v) is 4.50. The molecule has 0 saturated heterocycles. The maximum atomic E-state index is 11.7. The molecule has 20 heavy (non-hydrogen) atoms. The lowest BCUT2D eigenvalue weighted by molar-refractivity contribution is -0.131. The molecule has 0 amide bonds. The summed E-state index contributed by atoms with van der Waals surface area (Å²) in [5.41, 5.74) is 1.78. The summed E-state index contributed by atoms with van der Waals surface area (Å²) < 4.78 is 5.71. The standard InChI is InChI=1S/C16H14O4/c1-10-5-3-7-12(9-10)20-15-11(2)6-4-8-13(15)14(17)16(18)19/h3-9H,1-2H3,(H,18,19). The van der Waals surface area contributed by atoms with E-state index >= 15 is 0 Å². The number of rotatable bonds is 4. The summed E-state index contributed by atoms with van der Waals surface area (Å²) in [6.07, 6.45) is 0. The molecule has 2 aromatic rings. The van der Waals surface area contributed by atoms with Gasteiger partial charge in [0.25, 0.3) is 5.78 Å². The molecule has 1 N–H and O–H groups in total. The number of ether oxygens (including phenoxy) is 1. The molecule has 0 aliphatic heterocycles. The monoisotopic (exact) mass is 270 g/mol. The third-order valence-electron chi connectivity index (χ3n) is 2.86. The molecule has 102 valence electrons. The van der Waals surface area contributed by atoms with E-state index in [4.69, 9.17) is 9.84 Å². The van der Waals surface area contributed by atoms with Crippen LogP contribution in [0.2, 0.25) is 0 Å². The Kier molecular flexibility index (Phi) is 3.84. The fourth-order valence-corrected chi connectivity index (χ4v) is 1.88. The molecule has 2 aromatic carbocycles. The van der Waals surface area contributed by atoms with Crippen LogP contribution in [0.1, 0.15) is 21.5 Å². The number of ketones is 1. The van der Waals surface area contributed by atoms with E-state index in [2.05, 4.69) is 0 Å². The van der Waals surface area contributed by atoms with Gasteiger partial charge in [-0.3, -0.25) is 4.79 Å². The van der Waals surface area contributed by atoms with Gasteiger partial charge in [-0.25, -0.2) is 4.79 Å². The predicted octanol–water partition coefficient (Wildman–Crippen LogP) is 3.36. The number of hydrogen-bond acceptors (Lipinski definition) is 3. The minimum atomic E-state index is -1.50. The van der Waals surface area contributed by atoms with Gasteiger partial charge < -0.3 is 9.84 Å². The lowest BCUT2D eigenvalue weighted by Crippen LogP contribution is -2.14. The molecule has 0 atom stereocenters. The van der Waals surface area contributed by atoms with Crippen LogP contribution >= 0.6 is 0 Å². The number of carboxylic acids is 1. The Bertz CT molecular complexity index is 674. The van der Waals surface area contributed by atoms with Crippen LogP contribution in [0.3, 0.4) is 0 Å². The van der Waals surface area contributed by atoms with Crippen molar-refractivity contribution in [3.05, 3.63) is 59.2 Å². The average molecular weight is 270 g/mol. The molecule has 0 aromatic heterocycles. The van der Waals surface area contributed by atoms with Crippen LogP contribution in [0.15, 0.2) is 42.5 Å². The maximum Gasteiger partial charge on any atom is 0.377 e. The van der Waals surface area contributed by atoms with E-state index in [0.29, 0.717) is 11.3 Å². The SMILES string of the molecule is Cc1cccc(Oc2c(C)cccc2C(=O)C(=O)O)c1. The predicted molar refractivity (Wildman–Crippen MR) is 74.4 cm³/mol. The molecule has 0 bridgehead atoms. The van der Waals surface area contributed by atoms with E-state index < -0.39 is 11.8 Å². The van der Waals surface area contributed by atoms with Gasteiger partial charge in [0.2, 0.25) is 0 Å². The first-order valence-corrected chi connectivity index (χ1v) is 6.11. The zero-order valence-electron chi connectivity index (χ0n) is 11.2. The van der Waals surface area contributed by atoms with Crippen LogP contribution < -0.4 is 4.74 Å². The Morgan fingerprint density at radius 3 is 2.40 bits per heavy atom. The lowest BCUT2D eigenvalue weighted by atomic mass is 10.1. The minimum Gasteiger partial charge on any atom is -0.475 e. The highest BCUT2D eigenvalue weighted by Gasteiger charge is 2.21. The van der Waals surface area contributed by atoms with Gasteiger partial charge in [0, 0.05) is 0 Å². The molecule has 0 aliphatic carbocycles. The number of Topliss-reactive ketones (excluding diaryl/α,β-unsaturated/α-hetero) is 1. The Morgan fingerprint density at radius 2 is 1.75 bits per heavy atom. The third kappa shape index (κ3) is 2.85. The van der Waals surface area contributed by atoms with Gasteiger partial charge in [0.05, 0.1) is 5.56 Å². The largest absolute Gasteiger partial charge is 0.475 e. The summed E-state index contributed by atoms with van der Waals surface area (Å²) in [4.78, 5) is 22.6. The Balaban J connectivity index is 2.45. The molecular formula is C16H14O4. The number of para-hydroxylation sites is 1. The fourth-order valence-electron chi connectivity index (χ4n) is 1.88. The number of carboxylic acid groups (broad SMARTS) is 1. The van der Waals surface area contributed by atoms with Crippen molar-refractivity contribution in [2.24, 2.45) is 0 Å². The van der Waals surface area contributed by atoms with E-state index in [1.54, 1.807) is 25.1 Å². The summed E-state index contributed by atoms with van der Waals surface area (Å²) in [7, 11) is 0. The summed E-state index contributed by atoms with van der Waals surface area (Å²) in [5.74, 6) is -1.62. The number of carbonyl (C=O) groups is 2. The molecule has 0 aliphatic rings. The van der Waals surface area contributed by atoms with Crippen molar-refractivity contribution in [2.75, 3.05) is 0 Å². The molecular weight excluding hydrogens is 256 g/mol. The number of benzene rings is 2. The quantitative estimate of drug-likeness (QED) is 0.683. The van der Waals surface area contributed by atoms with Gasteiger partial charge in [-0.15, -0.1) is 0 Å². The first-order chi connectivity index (χ1) is 9.49. The van der Waals surface area contributed by atoms with Crippen LogP contribution in [-0.2, 0) is 4.79 Å². The molecule has 0 spiro atoms. The smallest absolute Gasteiger partial charge is 0.377 e. The third-order valence-corrected chi connectivity index (χ3v) is 2.86. The first kappa shape index (κ1) is 13.8. The van der Waals surface area contributed by atoms with E-state index in [1.807, 2.05) is 25.1 Å². The van der Waals surface area contributed by atoms with E-state index in [-0.39, 0.29) is 11.3 Å². The van der Waals surface area contributed by atoms with Crippen molar-refractivity contribution in [3.63, 3.8) is 0 Å². The Hall–Kier alpha value is -2.62. The Labute approximate surface area is 116 Å². The van der Waals surface area contributed by atoms with Crippen molar-refractivity contribution >= 4 is 11.8 Å². The van der Waals surface area contributed by atoms with Crippen molar-refractivity contribution in [1.82, 2.24) is 0 Å². The summed E-state index contributed by atoms with van der Waals surface area (Å²) in [5, 5.41) is 8.86. The minimum absolute atomic E-state index is 0.0546. The van der Waals surface area contributed by atoms with Gasteiger partial charge in [0.1, 0.15) is 11.5 Å². The van der Waals surface area contributed by atoms with Crippen molar-refractivity contribution in [1.29, 1.82) is 0 Å². The van der Waals surface area contributed by atoms with Crippen LogP contribution in [0.4, 0.5) is 0 Å². The van der Waals surface area contributed by atoms with Gasteiger partial charge in [-0.05, 0) is 43.2 Å². The van der Waals surface area contributed by atoms with Crippen LogP contribution in [0, 0.1) is 13.8 Å². The number of aryl methyl sites for hydroxylation is 2. The summed E-state index contributed by atoms with van der Waals surface area (Å²) in [6.45, 7) is 3.69. The van der Waals surface area contributed by atoms with E-state index in [1.165, 1.54) is 6.07 Å². The van der Waals surface area contributed by atoms with Gasteiger partial charge in [-0.1, -0.05) is 24.3 Å². The van der Waals surface area contributed by atoms with Gasteiger partial charge in [0.15, 0.2) is 0 Å². The van der Waals surface area contributed by atoms with Crippen molar-refractivity contribution in [2.45, 2.75) is 13.8 Å². The normalized spacial score (nSPS) is 10.1. The fraction of sp³-hybridized carbons (Fsp3) is 0.125. The van der Waals surface area contributed by atoms with Gasteiger partial charge >= 0.3 is 5.97 Å². The zero-order valence-corrected chi connectivity index (χ0v) is 11.2. The summed E-state index contributed by atoms with van der Waals surface area (Å²) >= 11 is 0. The molecule has 0 radical (unpaired) electrons. The molecule has 4 heteroatoms. The number of aliphatic carboxylic acids is 1. The van der Waals surface area contributed by atoms with E-state index in [9.17, 15) is 9.59 Å². The summed E-state index contributed by atoms with van der Waals surface area (Å²) in [6, 6.07) is 12.2. The molecule has 0 fully saturated rings.